The summed E-state index contributed by atoms with van der Waals surface area (Å²) in [5.41, 5.74) is 3.68. The number of hydrogen-bond acceptors (Lipinski definition) is 6. The SMILES string of the molecule is COc1ccc(-c2cc(=O)n3nc(C4=CC(C(C)(C)C)NCC4)ccc3n2)cc1OC. The smallest absolute Gasteiger partial charge is 0.275 e. The number of rotatable bonds is 4. The molecule has 0 aliphatic carbocycles. The van der Waals surface area contributed by atoms with Gasteiger partial charge in [0.25, 0.3) is 5.56 Å². The van der Waals surface area contributed by atoms with Crippen molar-refractivity contribution in [2.24, 2.45) is 5.41 Å². The molecule has 4 rings (SSSR count). The van der Waals surface area contributed by atoms with Crippen LogP contribution < -0.4 is 20.3 Å². The Morgan fingerprint density at radius 2 is 1.81 bits per heavy atom. The summed E-state index contributed by atoms with van der Waals surface area (Å²) >= 11 is 0. The van der Waals surface area contributed by atoms with E-state index in [1.807, 2.05) is 24.3 Å². The third-order valence-electron chi connectivity index (χ3n) is 5.59. The minimum atomic E-state index is -0.224. The van der Waals surface area contributed by atoms with E-state index in [2.05, 4.69) is 42.2 Å². The van der Waals surface area contributed by atoms with Gasteiger partial charge < -0.3 is 14.8 Å². The number of benzene rings is 1. The molecule has 0 bridgehead atoms. The summed E-state index contributed by atoms with van der Waals surface area (Å²) < 4.78 is 12.0. The molecule has 1 N–H and O–H groups in total. The maximum Gasteiger partial charge on any atom is 0.275 e. The fourth-order valence-corrected chi connectivity index (χ4v) is 3.79. The minimum Gasteiger partial charge on any atom is -0.493 e. The van der Waals surface area contributed by atoms with E-state index in [-0.39, 0.29) is 17.0 Å². The van der Waals surface area contributed by atoms with Gasteiger partial charge in [-0.1, -0.05) is 26.8 Å². The van der Waals surface area contributed by atoms with Crippen LogP contribution in [0.4, 0.5) is 0 Å². The van der Waals surface area contributed by atoms with Crippen LogP contribution in [0.15, 0.2) is 47.3 Å². The number of fused-ring (bicyclic) bond motifs is 1. The Bertz CT molecular complexity index is 1210. The molecule has 3 aromatic rings. The van der Waals surface area contributed by atoms with Crippen molar-refractivity contribution in [2.75, 3.05) is 20.8 Å². The molecule has 1 aliphatic rings. The van der Waals surface area contributed by atoms with Gasteiger partial charge in [-0.3, -0.25) is 4.79 Å². The second-order valence-electron chi connectivity index (χ2n) is 8.78. The number of nitrogens with one attached hydrogen (secondary N) is 1. The number of nitrogens with zero attached hydrogens (tertiary/aromatic N) is 3. The maximum absolute atomic E-state index is 12.9. The van der Waals surface area contributed by atoms with Crippen molar-refractivity contribution < 1.29 is 9.47 Å². The zero-order chi connectivity index (χ0) is 22.2. The summed E-state index contributed by atoms with van der Waals surface area (Å²) in [4.78, 5) is 17.5. The van der Waals surface area contributed by atoms with Crippen LogP contribution in [0, 0.1) is 5.41 Å². The topological polar surface area (TPSA) is 77.8 Å². The molecule has 31 heavy (non-hydrogen) atoms. The van der Waals surface area contributed by atoms with Gasteiger partial charge in [-0.15, -0.1) is 0 Å². The molecule has 7 heteroatoms. The van der Waals surface area contributed by atoms with Gasteiger partial charge in [-0.2, -0.15) is 9.61 Å². The molecule has 1 aliphatic heterocycles. The molecule has 0 radical (unpaired) electrons. The van der Waals surface area contributed by atoms with Crippen LogP contribution in [0.25, 0.3) is 22.5 Å². The van der Waals surface area contributed by atoms with Crippen LogP contribution in [0.1, 0.15) is 32.9 Å². The average Bonchev–Trinajstić information content (AvgIpc) is 2.77. The zero-order valence-corrected chi connectivity index (χ0v) is 18.6. The van der Waals surface area contributed by atoms with Crippen molar-refractivity contribution in [3.63, 3.8) is 0 Å². The lowest BCUT2D eigenvalue weighted by molar-refractivity contribution is 0.310. The van der Waals surface area contributed by atoms with Gasteiger partial charge in [-0.05, 0) is 54.3 Å². The molecule has 1 atom stereocenters. The first-order chi connectivity index (χ1) is 14.8. The van der Waals surface area contributed by atoms with E-state index in [1.54, 1.807) is 20.3 Å². The summed E-state index contributed by atoms with van der Waals surface area (Å²) in [6.07, 6.45) is 3.10. The van der Waals surface area contributed by atoms with E-state index < -0.39 is 0 Å². The molecule has 3 heterocycles. The molecule has 0 saturated heterocycles. The highest BCUT2D eigenvalue weighted by Crippen LogP contribution is 2.32. The fourth-order valence-electron chi connectivity index (χ4n) is 3.79. The lowest BCUT2D eigenvalue weighted by Crippen LogP contribution is -2.41. The Morgan fingerprint density at radius 3 is 2.52 bits per heavy atom. The number of methoxy groups -OCH3 is 2. The summed E-state index contributed by atoms with van der Waals surface area (Å²) in [5, 5.41) is 8.16. The lowest BCUT2D eigenvalue weighted by atomic mass is 9.83. The molecule has 1 unspecified atom stereocenters. The Morgan fingerprint density at radius 1 is 1.03 bits per heavy atom. The van der Waals surface area contributed by atoms with Crippen LogP contribution in [0.2, 0.25) is 0 Å². The van der Waals surface area contributed by atoms with Gasteiger partial charge in [-0.25, -0.2) is 4.98 Å². The fraction of sp³-hybridized carbons (Fsp3) is 0.375. The molecule has 162 valence electrons. The predicted molar refractivity (Wildman–Crippen MR) is 122 cm³/mol. The Labute approximate surface area is 181 Å². The maximum atomic E-state index is 12.9. The van der Waals surface area contributed by atoms with E-state index in [9.17, 15) is 4.79 Å². The van der Waals surface area contributed by atoms with Gasteiger partial charge in [0.05, 0.1) is 25.6 Å². The monoisotopic (exact) mass is 420 g/mol. The first-order valence-electron chi connectivity index (χ1n) is 10.4. The Hall–Kier alpha value is -3.19. The van der Waals surface area contributed by atoms with Gasteiger partial charge in [0, 0.05) is 17.7 Å². The van der Waals surface area contributed by atoms with Gasteiger partial charge in [0.15, 0.2) is 17.1 Å². The molecular weight excluding hydrogens is 392 g/mol. The van der Waals surface area contributed by atoms with Gasteiger partial charge in [0.2, 0.25) is 0 Å². The second-order valence-corrected chi connectivity index (χ2v) is 8.78. The predicted octanol–water partition coefficient (Wildman–Crippen LogP) is 3.57. The standard InChI is InChI=1S/C24H28N4O3/c1-24(2,3)21-13-16(10-11-25-21)17-7-9-22-26-18(14-23(29)28(22)27-17)15-6-8-19(30-4)20(12-15)31-5/h6-9,12-14,21,25H,10-11H2,1-5H3. The average molecular weight is 421 g/mol. The van der Waals surface area contributed by atoms with Crippen LogP contribution in [0.3, 0.4) is 0 Å². The lowest BCUT2D eigenvalue weighted by Gasteiger charge is -2.33. The Balaban J connectivity index is 1.74. The van der Waals surface area contributed by atoms with Crippen LogP contribution in [-0.2, 0) is 0 Å². The molecule has 0 amide bonds. The van der Waals surface area contributed by atoms with E-state index in [1.165, 1.54) is 10.6 Å². The molecule has 2 aromatic heterocycles. The summed E-state index contributed by atoms with van der Waals surface area (Å²) in [5.74, 6) is 1.21. The zero-order valence-electron chi connectivity index (χ0n) is 18.6. The quantitative estimate of drug-likeness (QED) is 0.695. The van der Waals surface area contributed by atoms with E-state index >= 15 is 0 Å². The molecule has 0 saturated carbocycles. The number of ether oxygens (including phenoxy) is 2. The van der Waals surface area contributed by atoms with Crippen LogP contribution in [0.5, 0.6) is 11.5 Å². The normalized spacial score (nSPS) is 16.8. The van der Waals surface area contributed by atoms with Crippen molar-refractivity contribution >= 4 is 11.2 Å². The van der Waals surface area contributed by atoms with E-state index in [0.717, 1.165) is 29.8 Å². The van der Waals surface area contributed by atoms with Crippen molar-refractivity contribution in [1.29, 1.82) is 0 Å². The third kappa shape index (κ3) is 4.18. The number of hydrogen-bond donors (Lipinski definition) is 1. The van der Waals surface area contributed by atoms with Gasteiger partial charge >= 0.3 is 0 Å². The van der Waals surface area contributed by atoms with E-state index in [4.69, 9.17) is 9.47 Å². The van der Waals surface area contributed by atoms with Crippen molar-refractivity contribution in [3.8, 4) is 22.8 Å². The molecule has 0 spiro atoms. The van der Waals surface area contributed by atoms with E-state index in [0.29, 0.717) is 22.8 Å². The van der Waals surface area contributed by atoms with Crippen molar-refractivity contribution in [1.82, 2.24) is 19.9 Å². The highest BCUT2D eigenvalue weighted by Gasteiger charge is 2.26. The van der Waals surface area contributed by atoms with Gasteiger partial charge in [0.1, 0.15) is 0 Å². The molecule has 1 aromatic carbocycles. The first-order valence-corrected chi connectivity index (χ1v) is 10.4. The first kappa shape index (κ1) is 21.1. The Kier molecular flexibility index (Phi) is 5.54. The largest absolute Gasteiger partial charge is 0.493 e. The highest BCUT2D eigenvalue weighted by atomic mass is 16.5. The summed E-state index contributed by atoms with van der Waals surface area (Å²) in [6.45, 7) is 7.52. The molecule has 0 fully saturated rings. The van der Waals surface area contributed by atoms with Crippen molar-refractivity contribution in [3.05, 3.63) is 58.5 Å². The van der Waals surface area contributed by atoms with Crippen LogP contribution in [-0.4, -0.2) is 41.4 Å². The third-order valence-corrected chi connectivity index (χ3v) is 5.59. The summed E-state index contributed by atoms with van der Waals surface area (Å²) in [7, 11) is 3.17. The molecular formula is C24H28N4O3. The van der Waals surface area contributed by atoms with Crippen molar-refractivity contribution in [2.45, 2.75) is 33.2 Å². The molecule has 7 nitrogen and oxygen atoms in total. The van der Waals surface area contributed by atoms with Crippen LogP contribution >= 0.6 is 0 Å². The second kappa shape index (κ2) is 8.15. The highest BCUT2D eigenvalue weighted by molar-refractivity contribution is 5.67. The number of aromatic nitrogens is 3. The minimum absolute atomic E-state index is 0.106. The summed E-state index contributed by atoms with van der Waals surface area (Å²) in [6, 6.07) is 11.0.